The fraction of sp³-hybridized carbons (Fsp3) is 0.562. The fourth-order valence-electron chi connectivity index (χ4n) is 5.23. The van der Waals surface area contributed by atoms with Gasteiger partial charge >= 0.3 is 13.7 Å². The van der Waals surface area contributed by atoms with Gasteiger partial charge in [0.15, 0.2) is 5.82 Å². The third-order valence-corrected chi connectivity index (χ3v) is 10.1. The number of esters is 1. The van der Waals surface area contributed by atoms with Gasteiger partial charge in [0.1, 0.15) is 42.3 Å². The van der Waals surface area contributed by atoms with Crippen LogP contribution in [0, 0.1) is 17.2 Å². The van der Waals surface area contributed by atoms with E-state index < -0.39 is 50.3 Å². The van der Waals surface area contributed by atoms with Crippen LogP contribution in [0.5, 0.6) is 0 Å². The summed E-state index contributed by atoms with van der Waals surface area (Å²) in [6.45, 7) is 11.3. The van der Waals surface area contributed by atoms with Crippen LogP contribution in [0.25, 0.3) is 5.52 Å². The lowest BCUT2D eigenvalue weighted by atomic mass is 9.87. The van der Waals surface area contributed by atoms with E-state index in [1.165, 1.54) is 23.8 Å². The summed E-state index contributed by atoms with van der Waals surface area (Å²) in [6, 6.07) is 11.5. The second-order valence-corrected chi connectivity index (χ2v) is 14.5. The lowest BCUT2D eigenvalue weighted by molar-refractivity contribution is -0.146. The molecule has 2 aromatic heterocycles. The number of aliphatic hydroxyl groups excluding tert-OH is 2. The SMILES string of the molecule is CCC(CC)COC(=O)[C@H](C)N[P@@](=O)(OCc1ccc(C(C)(C)C)cc1)OC[C@H]1O[C@@](C#N)(c2ccc3c(N)ncnn23)[C@H](O)[C@@H]1O. The molecule has 5 N–H and O–H groups in total. The Morgan fingerprint density at radius 3 is 2.49 bits per heavy atom. The Hall–Kier alpha value is -3.41. The maximum absolute atomic E-state index is 14.1. The lowest BCUT2D eigenvalue weighted by Crippen LogP contribution is -2.41. The third kappa shape index (κ3) is 8.01. The molecule has 3 aromatic rings. The molecule has 0 aliphatic carbocycles. The fourth-order valence-corrected chi connectivity index (χ4v) is 6.70. The topological polar surface area (TPSA) is 204 Å². The molecule has 15 heteroatoms. The average Bonchev–Trinajstić information content (AvgIpc) is 3.59. The van der Waals surface area contributed by atoms with Crippen LogP contribution in [0.3, 0.4) is 0 Å². The summed E-state index contributed by atoms with van der Waals surface area (Å²) in [5.41, 5.74) is 6.05. The number of hydrogen-bond acceptors (Lipinski definition) is 12. The molecule has 1 aliphatic rings. The molecule has 4 rings (SSSR count). The van der Waals surface area contributed by atoms with Crippen LogP contribution in [0.4, 0.5) is 5.82 Å². The van der Waals surface area contributed by atoms with Crippen molar-refractivity contribution >= 4 is 25.1 Å². The van der Waals surface area contributed by atoms with Crippen molar-refractivity contribution in [3.63, 3.8) is 0 Å². The number of fused-ring (bicyclic) bond motifs is 1. The zero-order valence-electron chi connectivity index (χ0n) is 27.6. The number of carbonyl (C=O) groups excluding carboxylic acids is 1. The molecule has 256 valence electrons. The minimum absolute atomic E-state index is 0.0677. The predicted octanol–water partition coefficient (Wildman–Crippen LogP) is 3.75. The molecule has 0 unspecified atom stereocenters. The van der Waals surface area contributed by atoms with E-state index >= 15 is 0 Å². The molecule has 1 saturated heterocycles. The van der Waals surface area contributed by atoms with Crippen molar-refractivity contribution in [3.05, 3.63) is 59.5 Å². The van der Waals surface area contributed by atoms with E-state index in [9.17, 15) is 24.8 Å². The largest absolute Gasteiger partial charge is 0.464 e. The summed E-state index contributed by atoms with van der Waals surface area (Å²) in [4.78, 5) is 16.8. The van der Waals surface area contributed by atoms with E-state index in [1.807, 2.05) is 44.2 Å². The van der Waals surface area contributed by atoms with Crippen LogP contribution in [0.1, 0.15) is 71.2 Å². The first kappa shape index (κ1) is 36.4. The Bertz CT molecular complexity index is 1620. The Morgan fingerprint density at radius 1 is 1.19 bits per heavy atom. The van der Waals surface area contributed by atoms with Crippen LogP contribution < -0.4 is 10.8 Å². The second kappa shape index (κ2) is 14.8. The number of aliphatic hydroxyl groups is 2. The molecule has 1 aliphatic heterocycles. The van der Waals surface area contributed by atoms with Crippen molar-refractivity contribution in [1.29, 1.82) is 5.26 Å². The van der Waals surface area contributed by atoms with Crippen LogP contribution >= 0.6 is 7.75 Å². The first-order valence-corrected chi connectivity index (χ1v) is 17.2. The summed E-state index contributed by atoms with van der Waals surface area (Å²) in [6.07, 6.45) is -1.87. The summed E-state index contributed by atoms with van der Waals surface area (Å²) in [7, 11) is -4.30. The number of anilines is 1. The minimum Gasteiger partial charge on any atom is -0.464 e. The molecular formula is C32H45N6O8P. The van der Waals surface area contributed by atoms with Gasteiger partial charge in [-0.05, 0) is 41.5 Å². The Labute approximate surface area is 274 Å². The number of hydrogen-bond donors (Lipinski definition) is 4. The predicted molar refractivity (Wildman–Crippen MR) is 173 cm³/mol. The molecule has 0 amide bonds. The maximum Gasteiger partial charge on any atom is 0.406 e. The molecule has 0 bridgehead atoms. The molecule has 1 aromatic carbocycles. The number of nitriles is 1. The van der Waals surface area contributed by atoms with Crippen molar-refractivity contribution in [2.45, 2.75) is 96.4 Å². The van der Waals surface area contributed by atoms with Gasteiger partial charge in [0.05, 0.1) is 25.5 Å². The Kier molecular flexibility index (Phi) is 11.5. The number of nitrogens with two attached hydrogens (primary N) is 1. The highest BCUT2D eigenvalue weighted by atomic mass is 31.2. The number of nitrogen functional groups attached to an aromatic ring is 1. The second-order valence-electron chi connectivity index (χ2n) is 12.8. The first-order chi connectivity index (χ1) is 22.2. The van der Waals surface area contributed by atoms with Crippen LogP contribution in [0.2, 0.25) is 0 Å². The van der Waals surface area contributed by atoms with Crippen LogP contribution in [-0.4, -0.2) is 68.3 Å². The summed E-state index contributed by atoms with van der Waals surface area (Å²) >= 11 is 0. The summed E-state index contributed by atoms with van der Waals surface area (Å²) in [5, 5.41) is 39.0. The Morgan fingerprint density at radius 2 is 1.87 bits per heavy atom. The van der Waals surface area contributed by atoms with E-state index in [0.717, 1.165) is 18.4 Å². The average molecular weight is 673 g/mol. The van der Waals surface area contributed by atoms with Crippen molar-refractivity contribution in [2.24, 2.45) is 5.92 Å². The number of nitrogens with zero attached hydrogens (tertiary/aromatic N) is 4. The molecule has 0 saturated carbocycles. The number of nitrogens with one attached hydrogen (secondary N) is 1. The van der Waals surface area contributed by atoms with E-state index in [4.69, 9.17) is 24.3 Å². The first-order valence-electron chi connectivity index (χ1n) is 15.6. The monoisotopic (exact) mass is 672 g/mol. The minimum atomic E-state index is -4.30. The molecular weight excluding hydrogens is 627 g/mol. The van der Waals surface area contributed by atoms with Crippen LogP contribution in [0.15, 0.2) is 42.7 Å². The number of aromatic nitrogens is 3. The molecule has 3 heterocycles. The lowest BCUT2D eigenvalue weighted by Gasteiger charge is -2.25. The molecule has 14 nitrogen and oxygen atoms in total. The molecule has 6 atom stereocenters. The molecule has 0 radical (unpaired) electrons. The van der Waals surface area contributed by atoms with Crippen LogP contribution in [-0.2, 0) is 45.5 Å². The summed E-state index contributed by atoms with van der Waals surface area (Å²) < 4.78 is 38.4. The van der Waals surface area contributed by atoms with E-state index in [-0.39, 0.29) is 36.1 Å². The van der Waals surface area contributed by atoms with Gasteiger partial charge in [0, 0.05) is 0 Å². The molecule has 47 heavy (non-hydrogen) atoms. The van der Waals surface area contributed by atoms with Gasteiger partial charge in [0.25, 0.3) is 0 Å². The third-order valence-electron chi connectivity index (χ3n) is 8.44. The van der Waals surface area contributed by atoms with Gasteiger partial charge in [-0.15, -0.1) is 0 Å². The maximum atomic E-state index is 14.1. The highest BCUT2D eigenvalue weighted by molar-refractivity contribution is 7.51. The smallest absolute Gasteiger partial charge is 0.406 e. The molecule has 1 fully saturated rings. The number of rotatable bonds is 14. The zero-order valence-corrected chi connectivity index (χ0v) is 28.5. The normalized spacial score (nSPS) is 23.4. The summed E-state index contributed by atoms with van der Waals surface area (Å²) in [5.74, 6) is -0.316. The van der Waals surface area contributed by atoms with E-state index in [1.54, 1.807) is 6.07 Å². The number of benzene rings is 1. The van der Waals surface area contributed by atoms with Gasteiger partial charge in [-0.3, -0.25) is 13.8 Å². The van der Waals surface area contributed by atoms with Crippen molar-refractivity contribution in [1.82, 2.24) is 19.7 Å². The highest BCUT2D eigenvalue weighted by Gasteiger charge is 2.58. The van der Waals surface area contributed by atoms with Gasteiger partial charge < -0.3 is 25.4 Å². The van der Waals surface area contributed by atoms with E-state index in [2.05, 4.69) is 35.9 Å². The quantitative estimate of drug-likeness (QED) is 0.143. The molecule has 0 spiro atoms. The van der Waals surface area contributed by atoms with Crippen molar-refractivity contribution in [3.8, 4) is 6.07 Å². The standard InChI is InChI=1S/C32H45N6O8P/c1-7-21(8-2)15-43-30(41)20(3)37-47(42,44-16-22-9-11-23(12-10-22)31(4,5)6)45-17-25-27(39)28(40)32(18-33,46-25)26-14-13-24-29(34)35-19-36-38(24)26/h9-14,19-21,25,27-28,39-40H,7-8,15-17H2,1-6H3,(H,37,42)(H2,34,35,36)/t20-,25+,27+,28+,32-,47+/m0/s1. The van der Waals surface area contributed by atoms with Gasteiger partial charge in [-0.1, -0.05) is 71.7 Å². The van der Waals surface area contributed by atoms with Gasteiger partial charge in [-0.2, -0.15) is 10.4 Å². The zero-order chi connectivity index (χ0) is 34.6. The van der Waals surface area contributed by atoms with Gasteiger partial charge in [-0.25, -0.2) is 19.2 Å². The number of carbonyl (C=O) groups is 1. The number of ether oxygens (including phenoxy) is 2. The highest BCUT2D eigenvalue weighted by Crippen LogP contribution is 2.47. The van der Waals surface area contributed by atoms with Crippen molar-refractivity contribution < 1.29 is 38.1 Å². The Balaban J connectivity index is 1.53. The van der Waals surface area contributed by atoms with Crippen molar-refractivity contribution in [2.75, 3.05) is 18.9 Å². The van der Waals surface area contributed by atoms with Gasteiger partial charge in [0.2, 0.25) is 5.60 Å². The van der Waals surface area contributed by atoms with E-state index in [0.29, 0.717) is 11.1 Å².